The fraction of sp³-hybridized carbons (Fsp3) is 0.381. The molecule has 6 nitrogen and oxygen atoms in total. The molecule has 1 N–H and O–H groups in total. The molecule has 0 radical (unpaired) electrons. The van der Waals surface area contributed by atoms with Gasteiger partial charge in [-0.15, -0.1) is 5.73 Å². The molecule has 2 rings (SSSR count). The van der Waals surface area contributed by atoms with Crippen molar-refractivity contribution in [2.45, 2.75) is 19.8 Å². The van der Waals surface area contributed by atoms with Gasteiger partial charge in [0.1, 0.15) is 0 Å². The van der Waals surface area contributed by atoms with Gasteiger partial charge in [0.15, 0.2) is 11.6 Å². The van der Waals surface area contributed by atoms with Crippen molar-refractivity contribution in [2.75, 3.05) is 27.9 Å². The average molecular weight is 404 g/mol. The highest BCUT2D eigenvalue weighted by atomic mass is 19.2. The van der Waals surface area contributed by atoms with Crippen LogP contribution in [0, 0.1) is 17.2 Å². The van der Waals surface area contributed by atoms with E-state index in [1.165, 1.54) is 27.4 Å². The van der Waals surface area contributed by atoms with Gasteiger partial charge in [-0.3, -0.25) is 4.79 Å². The van der Waals surface area contributed by atoms with E-state index in [1.807, 2.05) is 6.92 Å². The van der Waals surface area contributed by atoms with Crippen LogP contribution in [0.1, 0.15) is 19.8 Å². The standard InChI is InChI=1S/C21H22F2N2O4/c1-5-16-14(10-24)19(12-7-6-8-15(22)20(23)21(12)29-4)13(9-18(26)28-3)17(25-16)11-27-2/h6,8,19,25H,5,9,11H2,1-4H3. The lowest BCUT2D eigenvalue weighted by Crippen LogP contribution is -2.32. The Morgan fingerprint density at radius 2 is 2.03 bits per heavy atom. The summed E-state index contributed by atoms with van der Waals surface area (Å²) < 4.78 is 43.7. The molecule has 0 amide bonds. The molecular formula is C21H22F2N2O4. The van der Waals surface area contributed by atoms with Crippen LogP contribution in [0.4, 0.5) is 8.78 Å². The number of carbonyl (C=O) groups is 1. The topological polar surface area (TPSA) is 80.6 Å². The fourth-order valence-electron chi connectivity index (χ4n) is 3.28. The normalized spacial score (nSPS) is 19.3. The van der Waals surface area contributed by atoms with Crippen molar-refractivity contribution in [1.29, 1.82) is 5.26 Å². The molecular weight excluding hydrogens is 382 g/mol. The van der Waals surface area contributed by atoms with Gasteiger partial charge in [0, 0.05) is 18.5 Å². The molecule has 1 heterocycles. The van der Waals surface area contributed by atoms with Crippen LogP contribution in [-0.2, 0) is 19.0 Å². The fourth-order valence-corrected chi connectivity index (χ4v) is 3.28. The Balaban J connectivity index is 2.80. The zero-order valence-electron chi connectivity index (χ0n) is 16.7. The number of halogens is 2. The number of hydrogen-bond donors (Lipinski definition) is 1. The first-order valence-corrected chi connectivity index (χ1v) is 8.88. The highest BCUT2D eigenvalue weighted by Gasteiger charge is 2.37. The predicted molar refractivity (Wildman–Crippen MR) is 101 cm³/mol. The lowest BCUT2D eigenvalue weighted by atomic mass is 9.78. The van der Waals surface area contributed by atoms with Crippen molar-refractivity contribution < 1.29 is 27.8 Å². The zero-order valence-corrected chi connectivity index (χ0v) is 16.7. The largest absolute Gasteiger partial charge is 0.493 e. The molecule has 0 spiro atoms. The first kappa shape index (κ1) is 22.2. The third-order valence-corrected chi connectivity index (χ3v) is 4.59. The third kappa shape index (κ3) is 4.48. The summed E-state index contributed by atoms with van der Waals surface area (Å²) in [6.07, 6.45) is 2.41. The zero-order chi connectivity index (χ0) is 21.6. The number of methoxy groups -OCH3 is 3. The van der Waals surface area contributed by atoms with Gasteiger partial charge in [0.05, 0.1) is 50.4 Å². The Morgan fingerprint density at radius 3 is 2.59 bits per heavy atom. The van der Waals surface area contributed by atoms with E-state index in [0.29, 0.717) is 23.4 Å². The van der Waals surface area contributed by atoms with Crippen molar-refractivity contribution in [2.24, 2.45) is 5.92 Å². The van der Waals surface area contributed by atoms with Gasteiger partial charge in [-0.2, -0.15) is 9.65 Å². The first-order chi connectivity index (χ1) is 13.9. The van der Waals surface area contributed by atoms with Crippen LogP contribution in [0.5, 0.6) is 0 Å². The molecule has 2 aliphatic rings. The van der Waals surface area contributed by atoms with E-state index in [4.69, 9.17) is 14.2 Å². The maximum absolute atomic E-state index is 14.6. The molecule has 1 unspecified atom stereocenters. The first-order valence-electron chi connectivity index (χ1n) is 8.88. The second-order valence-corrected chi connectivity index (χ2v) is 6.19. The molecule has 0 aromatic heterocycles. The number of ether oxygens (including phenoxy) is 3. The summed E-state index contributed by atoms with van der Waals surface area (Å²) in [6, 6.07) is 2.13. The predicted octanol–water partition coefficient (Wildman–Crippen LogP) is 3.63. The summed E-state index contributed by atoms with van der Waals surface area (Å²) in [5.41, 5.74) is 4.74. The van der Waals surface area contributed by atoms with Crippen molar-refractivity contribution >= 4 is 5.97 Å². The number of dihydropyridines is 1. The minimum absolute atomic E-state index is 0.102. The van der Waals surface area contributed by atoms with Gasteiger partial charge in [-0.05, 0) is 24.1 Å². The molecule has 1 aliphatic heterocycles. The van der Waals surface area contributed by atoms with E-state index in [0.717, 1.165) is 6.08 Å². The number of carbonyl (C=O) groups excluding carboxylic acids is 1. The van der Waals surface area contributed by atoms with Crippen LogP contribution in [-0.4, -0.2) is 33.9 Å². The third-order valence-electron chi connectivity index (χ3n) is 4.59. The molecule has 0 aromatic carbocycles. The van der Waals surface area contributed by atoms with E-state index < -0.39 is 23.5 Å². The van der Waals surface area contributed by atoms with Gasteiger partial charge in [-0.25, -0.2) is 4.39 Å². The Bertz CT molecular complexity index is 929. The number of allylic oxidation sites excluding steroid dienone is 6. The van der Waals surface area contributed by atoms with E-state index in [-0.39, 0.29) is 29.9 Å². The smallest absolute Gasteiger partial charge is 0.309 e. The van der Waals surface area contributed by atoms with Gasteiger partial charge in [0.25, 0.3) is 0 Å². The van der Waals surface area contributed by atoms with Crippen LogP contribution >= 0.6 is 0 Å². The van der Waals surface area contributed by atoms with Crippen LogP contribution in [0.2, 0.25) is 0 Å². The van der Waals surface area contributed by atoms with E-state index >= 15 is 0 Å². The maximum Gasteiger partial charge on any atom is 0.309 e. The summed E-state index contributed by atoms with van der Waals surface area (Å²) in [7, 11) is 3.93. The minimum atomic E-state index is -1.21. The molecule has 29 heavy (non-hydrogen) atoms. The quantitative estimate of drug-likeness (QED) is 0.516. The Labute approximate surface area is 168 Å². The molecule has 0 aromatic rings. The monoisotopic (exact) mass is 404 g/mol. The molecule has 0 saturated carbocycles. The van der Waals surface area contributed by atoms with E-state index in [2.05, 4.69) is 17.1 Å². The van der Waals surface area contributed by atoms with Crippen molar-refractivity contribution in [3.05, 3.63) is 63.4 Å². The lowest BCUT2D eigenvalue weighted by Gasteiger charge is -2.32. The van der Waals surface area contributed by atoms with Gasteiger partial charge < -0.3 is 19.5 Å². The Hall–Kier alpha value is -3.14. The number of nitrogens with one attached hydrogen (secondary N) is 1. The van der Waals surface area contributed by atoms with Crippen LogP contribution in [0.3, 0.4) is 0 Å². The van der Waals surface area contributed by atoms with Gasteiger partial charge in [0.2, 0.25) is 5.83 Å². The van der Waals surface area contributed by atoms with E-state index in [9.17, 15) is 18.8 Å². The Morgan fingerprint density at radius 1 is 1.31 bits per heavy atom. The molecule has 1 atom stereocenters. The number of hydrogen-bond acceptors (Lipinski definition) is 6. The second-order valence-electron chi connectivity index (χ2n) is 6.19. The number of nitriles is 1. The highest BCUT2D eigenvalue weighted by molar-refractivity contribution is 5.74. The lowest BCUT2D eigenvalue weighted by molar-refractivity contribution is -0.139. The van der Waals surface area contributed by atoms with Crippen LogP contribution in [0.25, 0.3) is 0 Å². The summed E-state index contributed by atoms with van der Waals surface area (Å²) in [5.74, 6) is -4.16. The second kappa shape index (κ2) is 9.87. The minimum Gasteiger partial charge on any atom is -0.493 e. The molecule has 154 valence electrons. The maximum atomic E-state index is 14.6. The van der Waals surface area contributed by atoms with Crippen molar-refractivity contribution in [1.82, 2.24) is 5.32 Å². The summed E-state index contributed by atoms with van der Waals surface area (Å²) in [4.78, 5) is 12.1. The molecule has 1 aliphatic carbocycles. The SMILES string of the molecule is CCC1=C(C#N)C(C2=C=CC=C(F)C(F)=C2OC)C(CC(=O)OC)=C(COC)N1. The van der Waals surface area contributed by atoms with Crippen molar-refractivity contribution in [3.63, 3.8) is 0 Å². The molecule has 0 saturated heterocycles. The molecule has 0 bridgehead atoms. The summed E-state index contributed by atoms with van der Waals surface area (Å²) in [5, 5.41) is 13.0. The average Bonchev–Trinajstić information content (AvgIpc) is 2.86. The van der Waals surface area contributed by atoms with E-state index in [1.54, 1.807) is 0 Å². The van der Waals surface area contributed by atoms with Crippen LogP contribution in [0.15, 0.2) is 63.4 Å². The summed E-state index contributed by atoms with van der Waals surface area (Å²) >= 11 is 0. The Kier molecular flexibility index (Phi) is 7.54. The van der Waals surface area contributed by atoms with Gasteiger partial charge in [-0.1, -0.05) is 6.92 Å². The molecule has 0 fully saturated rings. The molecule has 8 heteroatoms. The number of nitrogens with zero attached hydrogens (tertiary/aromatic N) is 1. The van der Waals surface area contributed by atoms with Gasteiger partial charge >= 0.3 is 5.97 Å². The van der Waals surface area contributed by atoms with Crippen LogP contribution < -0.4 is 5.32 Å². The summed E-state index contributed by atoms with van der Waals surface area (Å²) in [6.45, 7) is 1.96. The number of rotatable bonds is 7. The number of esters is 1. The highest BCUT2D eigenvalue weighted by Crippen LogP contribution is 2.42. The van der Waals surface area contributed by atoms with Crippen molar-refractivity contribution in [3.8, 4) is 6.07 Å².